The van der Waals surface area contributed by atoms with Crippen LogP contribution in [-0.2, 0) is 11.3 Å². The Balaban J connectivity index is 1.55. The summed E-state index contributed by atoms with van der Waals surface area (Å²) in [7, 11) is 0. The maximum Gasteiger partial charge on any atom is 0.409 e. The van der Waals surface area contributed by atoms with E-state index in [2.05, 4.69) is 15.2 Å². The number of pyridine rings is 1. The van der Waals surface area contributed by atoms with Gasteiger partial charge in [-0.3, -0.25) is 14.5 Å². The SMILES string of the molecule is CCOC(=O)N1CCN(Cc2ccc(C(=O)NC(C)c3cccs3)c(=O)[nH]2)CC1. The van der Waals surface area contributed by atoms with Gasteiger partial charge in [0, 0.05) is 43.3 Å². The molecule has 9 heteroatoms. The van der Waals surface area contributed by atoms with Gasteiger partial charge in [-0.25, -0.2) is 4.79 Å². The molecular formula is C20H26N4O4S. The van der Waals surface area contributed by atoms with Crippen molar-refractivity contribution in [2.45, 2.75) is 26.4 Å². The van der Waals surface area contributed by atoms with Gasteiger partial charge >= 0.3 is 6.09 Å². The van der Waals surface area contributed by atoms with Crippen LogP contribution in [0.1, 0.15) is 40.8 Å². The van der Waals surface area contributed by atoms with Crippen LogP contribution in [0.4, 0.5) is 4.79 Å². The first-order valence-corrected chi connectivity index (χ1v) is 10.6. The van der Waals surface area contributed by atoms with Crippen LogP contribution in [0, 0.1) is 0 Å². The average Bonchev–Trinajstić information content (AvgIpc) is 3.24. The standard InChI is InChI=1S/C20H26N4O4S/c1-3-28-20(27)24-10-8-23(9-11-24)13-15-6-7-16(19(26)22-15)18(25)21-14(2)17-5-4-12-29-17/h4-7,12,14H,3,8-11,13H2,1-2H3,(H,21,25)(H,22,26). The zero-order valence-electron chi connectivity index (χ0n) is 16.6. The minimum atomic E-state index is -0.400. The highest BCUT2D eigenvalue weighted by atomic mass is 32.1. The van der Waals surface area contributed by atoms with Gasteiger partial charge in [0.15, 0.2) is 0 Å². The van der Waals surface area contributed by atoms with Crippen LogP contribution in [0.3, 0.4) is 0 Å². The van der Waals surface area contributed by atoms with E-state index in [1.54, 1.807) is 35.3 Å². The van der Waals surface area contributed by atoms with Gasteiger partial charge in [0.05, 0.1) is 12.6 Å². The summed E-state index contributed by atoms with van der Waals surface area (Å²) in [6.45, 7) is 7.17. The molecule has 0 aliphatic carbocycles. The number of amides is 2. The molecule has 1 fully saturated rings. The summed E-state index contributed by atoms with van der Waals surface area (Å²) in [5.41, 5.74) is 0.440. The quantitative estimate of drug-likeness (QED) is 0.750. The number of rotatable bonds is 6. The smallest absolute Gasteiger partial charge is 0.409 e. The highest BCUT2D eigenvalue weighted by Crippen LogP contribution is 2.18. The van der Waals surface area contributed by atoms with Gasteiger partial charge in [-0.05, 0) is 37.4 Å². The van der Waals surface area contributed by atoms with Crippen molar-refractivity contribution in [1.82, 2.24) is 20.1 Å². The molecule has 3 heterocycles. The van der Waals surface area contributed by atoms with E-state index in [-0.39, 0.29) is 23.6 Å². The van der Waals surface area contributed by atoms with Crippen molar-refractivity contribution < 1.29 is 14.3 Å². The number of thiophene rings is 1. The topological polar surface area (TPSA) is 94.7 Å². The molecule has 2 aromatic heterocycles. The second kappa shape index (κ2) is 9.71. The van der Waals surface area contributed by atoms with Crippen LogP contribution >= 0.6 is 11.3 Å². The summed E-state index contributed by atoms with van der Waals surface area (Å²) >= 11 is 1.56. The first kappa shape index (κ1) is 21.1. The lowest BCUT2D eigenvalue weighted by molar-refractivity contribution is 0.0775. The number of aromatic amines is 1. The van der Waals surface area contributed by atoms with E-state index >= 15 is 0 Å². The van der Waals surface area contributed by atoms with Crippen molar-refractivity contribution in [1.29, 1.82) is 0 Å². The monoisotopic (exact) mass is 418 g/mol. The molecule has 2 amide bonds. The van der Waals surface area contributed by atoms with Crippen LogP contribution < -0.4 is 10.9 Å². The van der Waals surface area contributed by atoms with Gasteiger partial charge in [-0.1, -0.05) is 6.07 Å². The van der Waals surface area contributed by atoms with Gasteiger partial charge in [-0.2, -0.15) is 0 Å². The zero-order valence-corrected chi connectivity index (χ0v) is 17.5. The molecule has 1 aliphatic heterocycles. The Morgan fingerprint density at radius 2 is 2.00 bits per heavy atom. The summed E-state index contributed by atoms with van der Waals surface area (Å²) in [6, 6.07) is 7.06. The fourth-order valence-electron chi connectivity index (χ4n) is 3.21. The van der Waals surface area contributed by atoms with Gasteiger partial charge in [0.25, 0.3) is 11.5 Å². The van der Waals surface area contributed by atoms with Gasteiger partial charge in [0.2, 0.25) is 0 Å². The van der Waals surface area contributed by atoms with Crippen molar-refractivity contribution in [2.24, 2.45) is 0 Å². The summed E-state index contributed by atoms with van der Waals surface area (Å²) in [5, 5.41) is 4.81. The Hall–Kier alpha value is -2.65. The largest absolute Gasteiger partial charge is 0.450 e. The molecule has 1 aliphatic rings. The Bertz CT molecular complexity index is 888. The molecule has 8 nitrogen and oxygen atoms in total. The number of hydrogen-bond donors (Lipinski definition) is 2. The number of aromatic nitrogens is 1. The fraction of sp³-hybridized carbons (Fsp3) is 0.450. The second-order valence-corrected chi connectivity index (χ2v) is 7.88. The number of nitrogens with zero attached hydrogens (tertiary/aromatic N) is 2. The van der Waals surface area contributed by atoms with Gasteiger partial charge in [0.1, 0.15) is 5.56 Å². The van der Waals surface area contributed by atoms with Crippen molar-refractivity contribution in [3.63, 3.8) is 0 Å². The van der Waals surface area contributed by atoms with Crippen molar-refractivity contribution >= 4 is 23.3 Å². The lowest BCUT2D eigenvalue weighted by Crippen LogP contribution is -2.48. The third kappa shape index (κ3) is 5.45. The summed E-state index contributed by atoms with van der Waals surface area (Å²) < 4.78 is 5.02. The maximum absolute atomic E-state index is 12.4. The summed E-state index contributed by atoms with van der Waals surface area (Å²) in [6.07, 6.45) is -0.285. The summed E-state index contributed by atoms with van der Waals surface area (Å²) in [4.78, 5) is 44.3. The maximum atomic E-state index is 12.4. The van der Waals surface area contributed by atoms with Crippen molar-refractivity contribution in [3.05, 3.63) is 56.1 Å². The van der Waals surface area contributed by atoms with Crippen LogP contribution in [0.15, 0.2) is 34.4 Å². The van der Waals surface area contributed by atoms with E-state index in [9.17, 15) is 14.4 Å². The van der Waals surface area contributed by atoms with Crippen LogP contribution in [0.25, 0.3) is 0 Å². The average molecular weight is 419 g/mol. The van der Waals surface area contributed by atoms with Crippen LogP contribution in [-0.4, -0.2) is 59.6 Å². The lowest BCUT2D eigenvalue weighted by atomic mass is 10.2. The highest BCUT2D eigenvalue weighted by molar-refractivity contribution is 7.10. The molecule has 0 saturated carbocycles. The molecule has 29 heavy (non-hydrogen) atoms. The molecule has 0 spiro atoms. The number of H-pyrrole nitrogens is 1. The molecule has 156 valence electrons. The molecule has 0 aromatic carbocycles. The predicted octanol–water partition coefficient (Wildman–Crippen LogP) is 2.20. The Morgan fingerprint density at radius 1 is 1.24 bits per heavy atom. The normalized spacial score (nSPS) is 15.7. The number of piperazine rings is 1. The lowest BCUT2D eigenvalue weighted by Gasteiger charge is -2.33. The van der Waals surface area contributed by atoms with E-state index in [0.717, 1.165) is 10.6 Å². The minimum absolute atomic E-state index is 0.101. The minimum Gasteiger partial charge on any atom is -0.450 e. The van der Waals surface area contributed by atoms with E-state index < -0.39 is 5.56 Å². The zero-order chi connectivity index (χ0) is 20.8. The number of carbonyl (C=O) groups is 2. The second-order valence-electron chi connectivity index (χ2n) is 6.90. The Labute approximate surface area is 173 Å². The van der Waals surface area contributed by atoms with Gasteiger partial charge < -0.3 is 19.9 Å². The fourth-order valence-corrected chi connectivity index (χ4v) is 3.95. The Kier molecular flexibility index (Phi) is 7.05. The van der Waals surface area contributed by atoms with Crippen LogP contribution in [0.2, 0.25) is 0 Å². The molecule has 1 saturated heterocycles. The Morgan fingerprint density at radius 3 is 2.62 bits per heavy atom. The van der Waals surface area contributed by atoms with Gasteiger partial charge in [-0.15, -0.1) is 11.3 Å². The van der Waals surface area contributed by atoms with E-state index in [1.165, 1.54) is 0 Å². The summed E-state index contributed by atoms with van der Waals surface area (Å²) in [5.74, 6) is -0.387. The molecule has 0 radical (unpaired) electrons. The highest BCUT2D eigenvalue weighted by Gasteiger charge is 2.22. The molecule has 1 atom stereocenters. The van der Waals surface area contributed by atoms with Crippen molar-refractivity contribution in [2.75, 3.05) is 32.8 Å². The molecule has 1 unspecified atom stereocenters. The molecule has 2 N–H and O–H groups in total. The number of nitrogens with one attached hydrogen (secondary N) is 2. The number of hydrogen-bond acceptors (Lipinski definition) is 6. The number of ether oxygens (including phenoxy) is 1. The number of carbonyl (C=O) groups excluding carboxylic acids is 2. The first-order valence-electron chi connectivity index (χ1n) is 9.68. The third-order valence-electron chi connectivity index (χ3n) is 4.82. The van der Waals surface area contributed by atoms with E-state index in [1.807, 2.05) is 24.4 Å². The predicted molar refractivity (Wildman–Crippen MR) is 111 cm³/mol. The molecule has 2 aromatic rings. The van der Waals surface area contributed by atoms with Crippen LogP contribution in [0.5, 0.6) is 0 Å². The van der Waals surface area contributed by atoms with E-state index in [4.69, 9.17) is 4.74 Å². The molecular weight excluding hydrogens is 392 g/mol. The van der Waals surface area contributed by atoms with Crippen molar-refractivity contribution in [3.8, 4) is 0 Å². The molecule has 3 rings (SSSR count). The van der Waals surface area contributed by atoms with E-state index in [0.29, 0.717) is 39.3 Å². The first-order chi connectivity index (χ1) is 14.0. The molecule has 0 bridgehead atoms. The third-order valence-corrected chi connectivity index (χ3v) is 5.88.